The van der Waals surface area contributed by atoms with Crippen LogP contribution in [-0.4, -0.2) is 25.4 Å². The van der Waals surface area contributed by atoms with Crippen LogP contribution in [0.25, 0.3) is 0 Å². The topological polar surface area (TPSA) is 47.6 Å². The average Bonchev–Trinajstić information content (AvgIpc) is 2.61. The lowest BCUT2D eigenvalue weighted by Gasteiger charge is -2.19. The van der Waals surface area contributed by atoms with Crippen LogP contribution in [0, 0.1) is 0 Å². The highest BCUT2D eigenvalue weighted by molar-refractivity contribution is 7.98. The Kier molecular flexibility index (Phi) is 4.76. The third kappa shape index (κ3) is 3.62. The SMILES string of the molecule is CSc1ccc([C@H](C)NC(=O)c2ccc3c(c2)OCCO3)cc1. The summed E-state index contributed by atoms with van der Waals surface area (Å²) in [5.41, 5.74) is 1.65. The molecule has 5 heteroatoms. The van der Waals surface area contributed by atoms with Crippen molar-refractivity contribution in [2.45, 2.75) is 17.9 Å². The summed E-state index contributed by atoms with van der Waals surface area (Å²) in [7, 11) is 0. The fourth-order valence-corrected chi connectivity index (χ4v) is 2.85. The fraction of sp³-hybridized carbons (Fsp3) is 0.278. The number of nitrogens with one attached hydrogen (secondary N) is 1. The summed E-state index contributed by atoms with van der Waals surface area (Å²) < 4.78 is 11.0. The molecule has 3 rings (SSSR count). The molecule has 0 unspecified atom stereocenters. The first-order chi connectivity index (χ1) is 11.2. The Morgan fingerprint density at radius 3 is 2.48 bits per heavy atom. The molecule has 0 spiro atoms. The number of rotatable bonds is 4. The number of hydrogen-bond donors (Lipinski definition) is 1. The van der Waals surface area contributed by atoms with E-state index in [2.05, 4.69) is 17.4 Å². The first kappa shape index (κ1) is 15.7. The molecule has 1 aliphatic rings. The third-order valence-electron chi connectivity index (χ3n) is 3.77. The molecule has 1 N–H and O–H groups in total. The smallest absolute Gasteiger partial charge is 0.251 e. The van der Waals surface area contributed by atoms with E-state index >= 15 is 0 Å². The maximum atomic E-state index is 12.4. The maximum Gasteiger partial charge on any atom is 0.251 e. The number of ether oxygens (including phenoxy) is 2. The summed E-state index contributed by atoms with van der Waals surface area (Å²) in [6.07, 6.45) is 2.04. The van der Waals surface area contributed by atoms with E-state index in [9.17, 15) is 4.79 Å². The fourth-order valence-electron chi connectivity index (χ4n) is 2.44. The molecular formula is C18H19NO3S. The standard InChI is InChI=1S/C18H19NO3S/c1-12(13-3-6-15(23-2)7-4-13)19-18(20)14-5-8-16-17(11-14)22-10-9-21-16/h3-8,11-12H,9-10H2,1-2H3,(H,19,20)/t12-/m0/s1. The minimum Gasteiger partial charge on any atom is -0.486 e. The predicted molar refractivity (Wildman–Crippen MR) is 91.5 cm³/mol. The van der Waals surface area contributed by atoms with E-state index in [0.29, 0.717) is 30.3 Å². The predicted octanol–water partition coefficient (Wildman–Crippen LogP) is 3.67. The maximum absolute atomic E-state index is 12.4. The van der Waals surface area contributed by atoms with E-state index in [1.165, 1.54) is 4.90 Å². The van der Waals surface area contributed by atoms with Crippen LogP contribution in [0.1, 0.15) is 28.9 Å². The van der Waals surface area contributed by atoms with Gasteiger partial charge in [-0.1, -0.05) is 12.1 Å². The average molecular weight is 329 g/mol. The second-order valence-electron chi connectivity index (χ2n) is 5.33. The van der Waals surface area contributed by atoms with Crippen LogP contribution in [0.5, 0.6) is 11.5 Å². The van der Waals surface area contributed by atoms with Crippen molar-refractivity contribution in [2.75, 3.05) is 19.5 Å². The Balaban J connectivity index is 1.70. The van der Waals surface area contributed by atoms with Gasteiger partial charge in [0.15, 0.2) is 11.5 Å². The molecule has 0 aromatic heterocycles. The van der Waals surface area contributed by atoms with E-state index in [0.717, 1.165) is 5.56 Å². The van der Waals surface area contributed by atoms with Gasteiger partial charge in [-0.2, -0.15) is 0 Å². The van der Waals surface area contributed by atoms with Crippen molar-refractivity contribution >= 4 is 17.7 Å². The third-order valence-corrected chi connectivity index (χ3v) is 4.51. The van der Waals surface area contributed by atoms with E-state index < -0.39 is 0 Å². The van der Waals surface area contributed by atoms with Crippen molar-refractivity contribution in [3.63, 3.8) is 0 Å². The Bertz CT molecular complexity index is 700. The number of hydrogen-bond acceptors (Lipinski definition) is 4. The molecule has 0 fully saturated rings. The molecule has 1 amide bonds. The lowest BCUT2D eigenvalue weighted by Crippen LogP contribution is -2.27. The van der Waals surface area contributed by atoms with Crippen molar-refractivity contribution in [3.8, 4) is 11.5 Å². The molecule has 2 aromatic carbocycles. The van der Waals surface area contributed by atoms with Gasteiger partial charge >= 0.3 is 0 Å². The van der Waals surface area contributed by atoms with E-state index in [4.69, 9.17) is 9.47 Å². The molecule has 23 heavy (non-hydrogen) atoms. The zero-order chi connectivity index (χ0) is 16.2. The van der Waals surface area contributed by atoms with E-state index in [1.54, 1.807) is 30.0 Å². The van der Waals surface area contributed by atoms with Crippen LogP contribution in [0.2, 0.25) is 0 Å². The minimum atomic E-state index is -0.122. The lowest BCUT2D eigenvalue weighted by molar-refractivity contribution is 0.0938. The molecule has 0 radical (unpaired) electrons. The van der Waals surface area contributed by atoms with Gasteiger partial charge in [-0.05, 0) is 49.1 Å². The van der Waals surface area contributed by atoms with E-state index in [1.807, 2.05) is 25.3 Å². The second-order valence-corrected chi connectivity index (χ2v) is 6.21. The van der Waals surface area contributed by atoms with Gasteiger partial charge in [-0.3, -0.25) is 4.79 Å². The summed E-state index contributed by atoms with van der Waals surface area (Å²) in [5.74, 6) is 1.19. The quantitative estimate of drug-likeness (QED) is 0.870. The number of thioether (sulfide) groups is 1. The zero-order valence-electron chi connectivity index (χ0n) is 13.2. The molecule has 120 valence electrons. The monoisotopic (exact) mass is 329 g/mol. The molecule has 0 saturated carbocycles. The summed E-state index contributed by atoms with van der Waals surface area (Å²) >= 11 is 1.70. The molecule has 2 aromatic rings. The van der Waals surface area contributed by atoms with Crippen molar-refractivity contribution in [3.05, 3.63) is 53.6 Å². The highest BCUT2D eigenvalue weighted by Gasteiger charge is 2.16. The molecule has 1 heterocycles. The largest absolute Gasteiger partial charge is 0.486 e. The van der Waals surface area contributed by atoms with Gasteiger partial charge in [0.1, 0.15) is 13.2 Å². The van der Waals surface area contributed by atoms with Crippen LogP contribution in [0.4, 0.5) is 0 Å². The summed E-state index contributed by atoms with van der Waals surface area (Å²) in [5, 5.41) is 3.01. The zero-order valence-corrected chi connectivity index (χ0v) is 14.0. The van der Waals surface area contributed by atoms with Gasteiger partial charge in [-0.15, -0.1) is 11.8 Å². The van der Waals surface area contributed by atoms with Crippen LogP contribution >= 0.6 is 11.8 Å². The van der Waals surface area contributed by atoms with Crippen molar-refractivity contribution in [1.82, 2.24) is 5.32 Å². The van der Waals surface area contributed by atoms with Crippen LogP contribution < -0.4 is 14.8 Å². The summed E-state index contributed by atoms with van der Waals surface area (Å²) in [4.78, 5) is 13.6. The molecule has 1 atom stereocenters. The Hall–Kier alpha value is -2.14. The molecule has 4 nitrogen and oxygen atoms in total. The number of fused-ring (bicyclic) bond motifs is 1. The molecule has 1 aliphatic heterocycles. The van der Waals surface area contributed by atoms with Gasteiger partial charge in [0.05, 0.1) is 6.04 Å². The minimum absolute atomic E-state index is 0.0633. The van der Waals surface area contributed by atoms with Crippen molar-refractivity contribution < 1.29 is 14.3 Å². The second kappa shape index (κ2) is 6.96. The first-order valence-corrected chi connectivity index (χ1v) is 8.74. The highest BCUT2D eigenvalue weighted by atomic mass is 32.2. The number of carbonyl (C=O) groups is 1. The molecule has 0 bridgehead atoms. The van der Waals surface area contributed by atoms with Crippen LogP contribution in [-0.2, 0) is 0 Å². The van der Waals surface area contributed by atoms with Crippen LogP contribution in [0.15, 0.2) is 47.4 Å². The highest BCUT2D eigenvalue weighted by Crippen LogP contribution is 2.31. The Morgan fingerprint density at radius 1 is 1.09 bits per heavy atom. The number of benzene rings is 2. The Labute approximate surface area is 140 Å². The molecule has 0 saturated heterocycles. The van der Waals surface area contributed by atoms with Gasteiger partial charge in [-0.25, -0.2) is 0 Å². The molecule has 0 aliphatic carbocycles. The summed E-state index contributed by atoms with van der Waals surface area (Å²) in [6.45, 7) is 3.03. The summed E-state index contributed by atoms with van der Waals surface area (Å²) in [6, 6.07) is 13.4. The lowest BCUT2D eigenvalue weighted by atomic mass is 10.1. The number of amides is 1. The van der Waals surface area contributed by atoms with Crippen molar-refractivity contribution in [2.24, 2.45) is 0 Å². The first-order valence-electron chi connectivity index (χ1n) is 7.52. The van der Waals surface area contributed by atoms with Gasteiger partial charge in [0.2, 0.25) is 0 Å². The Morgan fingerprint density at radius 2 is 1.78 bits per heavy atom. The van der Waals surface area contributed by atoms with Crippen molar-refractivity contribution in [1.29, 1.82) is 0 Å². The van der Waals surface area contributed by atoms with Crippen LogP contribution in [0.3, 0.4) is 0 Å². The van der Waals surface area contributed by atoms with Gasteiger partial charge < -0.3 is 14.8 Å². The van der Waals surface area contributed by atoms with Gasteiger partial charge in [0, 0.05) is 10.5 Å². The normalized spacial score (nSPS) is 14.2. The van der Waals surface area contributed by atoms with Gasteiger partial charge in [0.25, 0.3) is 5.91 Å². The number of carbonyl (C=O) groups excluding carboxylic acids is 1. The molecular weight excluding hydrogens is 310 g/mol. The van der Waals surface area contributed by atoms with E-state index in [-0.39, 0.29) is 11.9 Å².